The van der Waals surface area contributed by atoms with Crippen LogP contribution in [0.25, 0.3) is 11.2 Å². The van der Waals surface area contributed by atoms with Crippen LogP contribution in [0, 0.1) is 5.92 Å². The van der Waals surface area contributed by atoms with E-state index in [2.05, 4.69) is 10.2 Å². The average molecular weight is 561 g/mol. The van der Waals surface area contributed by atoms with Crippen LogP contribution < -0.4 is 21.5 Å². The monoisotopic (exact) mass is 560 g/mol. The predicted octanol–water partition coefficient (Wildman–Crippen LogP) is 2.51. The Balaban J connectivity index is 1.65. The summed E-state index contributed by atoms with van der Waals surface area (Å²) in [6.07, 6.45) is -3.86. The van der Waals surface area contributed by atoms with Gasteiger partial charge in [0.1, 0.15) is 6.10 Å². The van der Waals surface area contributed by atoms with Gasteiger partial charge in [-0.15, -0.1) is 0 Å². The average Bonchev–Trinajstić information content (AvgIpc) is 3.62. The number of aryl methyl sites for hydroxylation is 1. The van der Waals surface area contributed by atoms with Gasteiger partial charge >= 0.3 is 17.8 Å². The van der Waals surface area contributed by atoms with Gasteiger partial charge < -0.3 is 19.5 Å². The van der Waals surface area contributed by atoms with E-state index < -0.39 is 36.0 Å². The Morgan fingerprint density at radius 1 is 1.18 bits per heavy atom. The van der Waals surface area contributed by atoms with Crippen LogP contribution in [-0.2, 0) is 29.7 Å². The molecule has 0 unspecified atom stereocenters. The van der Waals surface area contributed by atoms with E-state index in [9.17, 15) is 27.6 Å². The smallest absolute Gasteiger partial charge is 0.449 e. The lowest BCUT2D eigenvalue weighted by molar-refractivity contribution is -0.206. The highest BCUT2D eigenvalue weighted by atomic mass is 19.4. The first-order valence-corrected chi connectivity index (χ1v) is 13.1. The molecule has 2 aliphatic heterocycles. The van der Waals surface area contributed by atoms with Crippen LogP contribution in [0.1, 0.15) is 31.9 Å². The second-order valence-corrected chi connectivity index (χ2v) is 10.5. The molecule has 0 bridgehead atoms. The van der Waals surface area contributed by atoms with Crippen LogP contribution in [-0.4, -0.2) is 56.5 Å². The molecular weight excluding hydrogens is 529 g/mol. The molecule has 2 aromatic heterocycles. The van der Waals surface area contributed by atoms with Crippen LogP contribution in [0.15, 0.2) is 51.6 Å². The highest BCUT2D eigenvalue weighted by Gasteiger charge is 2.43. The first kappa shape index (κ1) is 27.7. The molecule has 0 amide bonds. The number of allylic oxidation sites excluding steroid dienone is 2. The molecule has 2 fully saturated rings. The maximum atomic E-state index is 13.9. The van der Waals surface area contributed by atoms with Gasteiger partial charge in [-0.3, -0.25) is 13.9 Å². The SMILES string of the molecule is CC(C)=CCn1c(N2CC[C@H]3CNC[C@H]32)nc2c1c(=O)n(C[C@H](OC(=O)C(F)(F)F)c1ccccc1)c(=O)n2C. The lowest BCUT2D eigenvalue weighted by Crippen LogP contribution is -2.42. The van der Waals surface area contributed by atoms with Gasteiger partial charge in [0.05, 0.1) is 6.54 Å². The van der Waals surface area contributed by atoms with Crippen molar-refractivity contribution in [3.63, 3.8) is 0 Å². The van der Waals surface area contributed by atoms with E-state index in [-0.39, 0.29) is 22.8 Å². The summed E-state index contributed by atoms with van der Waals surface area (Å²) in [5, 5.41) is 3.40. The van der Waals surface area contributed by atoms with Gasteiger partial charge in [-0.25, -0.2) is 9.59 Å². The molecule has 0 saturated carbocycles. The Morgan fingerprint density at radius 2 is 1.90 bits per heavy atom. The maximum Gasteiger partial charge on any atom is 0.490 e. The van der Waals surface area contributed by atoms with Crippen LogP contribution in [0.2, 0.25) is 0 Å². The lowest BCUT2D eigenvalue weighted by Gasteiger charge is -2.25. The number of halogens is 3. The topological polar surface area (TPSA) is 103 Å². The molecule has 0 aliphatic carbocycles. The molecule has 3 atom stereocenters. The molecule has 40 heavy (non-hydrogen) atoms. The number of hydrogen-bond acceptors (Lipinski definition) is 7. The first-order valence-electron chi connectivity index (χ1n) is 13.1. The fourth-order valence-corrected chi connectivity index (χ4v) is 5.52. The number of alkyl halides is 3. The number of carbonyl (C=O) groups excluding carboxylic acids is 1. The summed E-state index contributed by atoms with van der Waals surface area (Å²) in [6.45, 7) is 6.00. The Kier molecular flexibility index (Phi) is 7.34. The summed E-state index contributed by atoms with van der Waals surface area (Å²) in [7, 11) is 1.46. The molecule has 10 nitrogen and oxygen atoms in total. The van der Waals surface area contributed by atoms with E-state index in [1.54, 1.807) is 22.8 Å². The molecule has 13 heteroatoms. The van der Waals surface area contributed by atoms with Gasteiger partial charge in [0.2, 0.25) is 5.95 Å². The number of fused-ring (bicyclic) bond motifs is 2. The predicted molar refractivity (Wildman–Crippen MR) is 142 cm³/mol. The number of nitrogens with one attached hydrogen (secondary N) is 1. The summed E-state index contributed by atoms with van der Waals surface area (Å²) in [5.74, 6) is -1.39. The summed E-state index contributed by atoms with van der Waals surface area (Å²) in [5.41, 5.74) is 0.0667. The van der Waals surface area contributed by atoms with Crippen molar-refractivity contribution in [3.05, 3.63) is 68.4 Å². The Morgan fingerprint density at radius 3 is 2.58 bits per heavy atom. The largest absolute Gasteiger partial charge is 0.490 e. The van der Waals surface area contributed by atoms with Gasteiger partial charge in [-0.05, 0) is 31.7 Å². The van der Waals surface area contributed by atoms with Crippen LogP contribution in [0.5, 0.6) is 0 Å². The number of ether oxygens (including phenoxy) is 1. The van der Waals surface area contributed by atoms with Crippen molar-refractivity contribution in [3.8, 4) is 0 Å². The van der Waals surface area contributed by atoms with Crippen LogP contribution >= 0.6 is 0 Å². The zero-order valence-electron chi connectivity index (χ0n) is 22.4. The summed E-state index contributed by atoms with van der Waals surface area (Å²) < 4.78 is 47.9. The van der Waals surface area contributed by atoms with Crippen LogP contribution in [0.3, 0.4) is 0 Å². The van der Waals surface area contributed by atoms with E-state index in [0.717, 1.165) is 36.2 Å². The third-order valence-corrected chi connectivity index (χ3v) is 7.60. The molecule has 2 aliphatic rings. The van der Waals surface area contributed by atoms with Gasteiger partial charge in [-0.1, -0.05) is 42.0 Å². The quantitative estimate of drug-likeness (QED) is 0.350. The van der Waals surface area contributed by atoms with E-state index in [1.807, 2.05) is 19.9 Å². The first-order chi connectivity index (χ1) is 19.0. The number of aromatic nitrogens is 4. The second kappa shape index (κ2) is 10.6. The van der Waals surface area contributed by atoms with E-state index in [1.165, 1.54) is 23.7 Å². The van der Waals surface area contributed by atoms with Crippen molar-refractivity contribution in [1.29, 1.82) is 0 Å². The minimum atomic E-state index is -5.24. The molecule has 2 saturated heterocycles. The number of esters is 1. The fourth-order valence-electron chi connectivity index (χ4n) is 5.52. The lowest BCUT2D eigenvalue weighted by atomic mass is 10.1. The second-order valence-electron chi connectivity index (χ2n) is 10.5. The molecule has 5 rings (SSSR count). The number of nitrogens with zero attached hydrogens (tertiary/aromatic N) is 5. The van der Waals surface area contributed by atoms with Gasteiger partial charge in [-0.2, -0.15) is 18.2 Å². The normalized spacial score (nSPS) is 19.6. The van der Waals surface area contributed by atoms with Crippen molar-refractivity contribution >= 4 is 23.1 Å². The third-order valence-electron chi connectivity index (χ3n) is 7.60. The molecule has 0 spiro atoms. The van der Waals surface area contributed by atoms with E-state index in [0.29, 0.717) is 18.4 Å². The molecule has 0 radical (unpaired) electrons. The minimum Gasteiger partial charge on any atom is -0.449 e. The number of hydrogen-bond donors (Lipinski definition) is 1. The highest BCUT2D eigenvalue weighted by molar-refractivity contribution is 5.76. The van der Waals surface area contributed by atoms with Gasteiger partial charge in [0.15, 0.2) is 11.2 Å². The zero-order valence-corrected chi connectivity index (χ0v) is 22.4. The number of benzene rings is 1. The molecule has 4 heterocycles. The fraction of sp³-hybridized carbons (Fsp3) is 0.481. The third kappa shape index (κ3) is 5.05. The van der Waals surface area contributed by atoms with Crippen molar-refractivity contribution in [2.75, 3.05) is 24.5 Å². The number of anilines is 1. The highest BCUT2D eigenvalue weighted by Crippen LogP contribution is 2.33. The minimum absolute atomic E-state index is 0.151. The van der Waals surface area contributed by atoms with E-state index in [4.69, 9.17) is 9.72 Å². The summed E-state index contributed by atoms with van der Waals surface area (Å²) >= 11 is 0. The molecule has 214 valence electrons. The standard InChI is InChI=1S/C27H31F3N6O4/c1-16(2)9-11-35-21-22(32-25(35)34-12-10-18-13-31-14-19(18)34)33(3)26(39)36(23(21)37)15-20(17-7-5-4-6-8-17)40-24(38)27(28,29)30/h4-9,18-20,31H,10-15H2,1-3H3/t18-,19+,20-/m0/s1. The van der Waals surface area contributed by atoms with Crippen molar-refractivity contribution in [2.24, 2.45) is 13.0 Å². The molecule has 1 aromatic carbocycles. The van der Waals surface area contributed by atoms with Gasteiger partial charge in [0, 0.05) is 39.3 Å². The Hall–Kier alpha value is -3.87. The molecular formula is C27H31F3N6O4. The molecule has 3 aromatic rings. The maximum absolute atomic E-state index is 13.9. The van der Waals surface area contributed by atoms with Crippen molar-refractivity contribution in [2.45, 2.75) is 51.7 Å². The van der Waals surface area contributed by atoms with Crippen molar-refractivity contribution < 1.29 is 22.7 Å². The number of rotatable bonds is 7. The van der Waals surface area contributed by atoms with Crippen LogP contribution in [0.4, 0.5) is 19.1 Å². The number of imidazole rings is 1. The van der Waals surface area contributed by atoms with Gasteiger partial charge in [0.25, 0.3) is 5.56 Å². The Labute approximate surface area is 227 Å². The summed E-state index contributed by atoms with van der Waals surface area (Å²) in [4.78, 5) is 46.1. The van der Waals surface area contributed by atoms with Crippen molar-refractivity contribution in [1.82, 2.24) is 24.0 Å². The van der Waals surface area contributed by atoms with E-state index >= 15 is 0 Å². The summed E-state index contributed by atoms with van der Waals surface area (Å²) in [6, 6.07) is 7.92. The molecule has 1 N–H and O–H groups in total. The zero-order chi connectivity index (χ0) is 28.8. The number of carbonyl (C=O) groups is 1. The Bertz CT molecular complexity index is 1570.